The average molecular weight is 205 g/mol. The van der Waals surface area contributed by atoms with Crippen molar-refractivity contribution in [1.82, 2.24) is 10.1 Å². The summed E-state index contributed by atoms with van der Waals surface area (Å²) >= 11 is 0. The minimum absolute atomic E-state index is 0.399. The molecule has 15 heavy (non-hydrogen) atoms. The zero-order valence-electron chi connectivity index (χ0n) is 8.35. The van der Waals surface area contributed by atoms with Gasteiger partial charge in [0.15, 0.2) is 11.5 Å². The van der Waals surface area contributed by atoms with E-state index < -0.39 is 0 Å². The molecule has 0 amide bonds. The van der Waals surface area contributed by atoms with Crippen LogP contribution in [0.3, 0.4) is 0 Å². The molecule has 5 nitrogen and oxygen atoms in total. The molecule has 5 heteroatoms. The summed E-state index contributed by atoms with van der Waals surface area (Å²) in [6.07, 6.45) is 2.36. The second-order valence-electron chi connectivity index (χ2n) is 2.77. The smallest absolute Gasteiger partial charge is 0.258 e. The molecule has 2 rings (SSSR count). The molecule has 0 aliphatic heterocycles. The Balaban J connectivity index is 2.43. The number of aromatic nitrogens is 2. The third-order valence-electron chi connectivity index (χ3n) is 1.95. The summed E-state index contributed by atoms with van der Waals surface area (Å²) in [6.45, 7) is 0. The summed E-state index contributed by atoms with van der Waals surface area (Å²) in [4.78, 5) is 3.82. The van der Waals surface area contributed by atoms with E-state index in [-0.39, 0.29) is 0 Å². The van der Waals surface area contributed by atoms with Gasteiger partial charge < -0.3 is 14.0 Å². The SMILES string of the molecule is COc1ccc(-c2n[c]no2)cc1OC. The zero-order chi connectivity index (χ0) is 10.7. The topological polar surface area (TPSA) is 57.4 Å². The molecule has 1 aromatic heterocycles. The van der Waals surface area contributed by atoms with E-state index in [9.17, 15) is 0 Å². The molecule has 0 bridgehead atoms. The van der Waals surface area contributed by atoms with E-state index >= 15 is 0 Å². The van der Waals surface area contributed by atoms with E-state index in [2.05, 4.69) is 16.5 Å². The molecule has 0 unspecified atom stereocenters. The van der Waals surface area contributed by atoms with Crippen molar-refractivity contribution in [2.24, 2.45) is 0 Å². The quantitative estimate of drug-likeness (QED) is 0.760. The van der Waals surface area contributed by atoms with Crippen LogP contribution in [-0.4, -0.2) is 24.4 Å². The van der Waals surface area contributed by atoms with Crippen molar-refractivity contribution in [2.45, 2.75) is 0 Å². The van der Waals surface area contributed by atoms with Crippen LogP contribution >= 0.6 is 0 Å². The molecule has 0 aliphatic rings. The first kappa shape index (κ1) is 9.51. The normalized spacial score (nSPS) is 10.0. The first-order chi connectivity index (χ1) is 7.35. The van der Waals surface area contributed by atoms with Gasteiger partial charge in [0.05, 0.1) is 14.2 Å². The lowest BCUT2D eigenvalue weighted by atomic mass is 10.2. The number of rotatable bonds is 3. The van der Waals surface area contributed by atoms with Gasteiger partial charge in [-0.3, -0.25) is 0 Å². The van der Waals surface area contributed by atoms with Gasteiger partial charge >= 0.3 is 0 Å². The van der Waals surface area contributed by atoms with Gasteiger partial charge in [0.25, 0.3) is 5.89 Å². The summed E-state index contributed by atoms with van der Waals surface area (Å²) < 4.78 is 15.1. The van der Waals surface area contributed by atoms with E-state index in [4.69, 9.17) is 14.0 Å². The standard InChI is InChI=1S/C10H9N2O3/c1-13-8-4-3-7(5-9(8)14-2)10-11-6-12-15-10/h3-5H,1-2H3. The fraction of sp³-hybridized carbons (Fsp3) is 0.200. The van der Waals surface area contributed by atoms with Crippen molar-refractivity contribution in [1.29, 1.82) is 0 Å². The molecule has 0 saturated carbocycles. The van der Waals surface area contributed by atoms with Crippen LogP contribution < -0.4 is 9.47 Å². The zero-order valence-corrected chi connectivity index (χ0v) is 8.35. The van der Waals surface area contributed by atoms with Gasteiger partial charge in [-0.25, -0.2) is 0 Å². The lowest BCUT2D eigenvalue weighted by Crippen LogP contribution is -1.90. The maximum absolute atomic E-state index is 5.15. The predicted molar refractivity (Wildman–Crippen MR) is 51.7 cm³/mol. The Kier molecular flexibility index (Phi) is 2.53. The lowest BCUT2D eigenvalue weighted by molar-refractivity contribution is 0.355. The van der Waals surface area contributed by atoms with Crippen LogP contribution in [0.4, 0.5) is 0 Å². The van der Waals surface area contributed by atoms with Gasteiger partial charge in [0.1, 0.15) is 0 Å². The van der Waals surface area contributed by atoms with Crippen molar-refractivity contribution < 1.29 is 14.0 Å². The molecular weight excluding hydrogens is 196 g/mol. The molecule has 2 aromatic rings. The molecule has 77 valence electrons. The van der Waals surface area contributed by atoms with Crippen LogP contribution in [0.25, 0.3) is 11.5 Å². The highest BCUT2D eigenvalue weighted by atomic mass is 16.5. The van der Waals surface area contributed by atoms with E-state index in [0.29, 0.717) is 17.4 Å². The van der Waals surface area contributed by atoms with Crippen LogP contribution in [0, 0.1) is 6.33 Å². The Bertz CT molecular complexity index is 440. The molecule has 0 atom stereocenters. The summed E-state index contributed by atoms with van der Waals surface area (Å²) in [6, 6.07) is 5.35. The van der Waals surface area contributed by atoms with E-state index in [0.717, 1.165) is 5.56 Å². The minimum atomic E-state index is 0.399. The maximum atomic E-state index is 5.15. The van der Waals surface area contributed by atoms with Gasteiger partial charge in [-0.2, -0.15) is 4.98 Å². The van der Waals surface area contributed by atoms with Crippen LogP contribution in [-0.2, 0) is 0 Å². The van der Waals surface area contributed by atoms with Gasteiger partial charge in [0.2, 0.25) is 6.33 Å². The minimum Gasteiger partial charge on any atom is -0.493 e. The van der Waals surface area contributed by atoms with Crippen LogP contribution in [0.2, 0.25) is 0 Å². The van der Waals surface area contributed by atoms with E-state index in [1.165, 1.54) is 0 Å². The molecule has 0 fully saturated rings. The van der Waals surface area contributed by atoms with Gasteiger partial charge in [-0.1, -0.05) is 5.16 Å². The number of nitrogens with zero attached hydrogens (tertiary/aromatic N) is 2. The fourth-order valence-electron chi connectivity index (χ4n) is 1.24. The first-order valence-corrected chi connectivity index (χ1v) is 4.27. The number of ether oxygens (including phenoxy) is 2. The monoisotopic (exact) mass is 205 g/mol. The van der Waals surface area contributed by atoms with E-state index in [1.807, 2.05) is 6.07 Å². The van der Waals surface area contributed by atoms with Gasteiger partial charge in [0, 0.05) is 5.56 Å². The molecule has 1 radical (unpaired) electrons. The number of methoxy groups -OCH3 is 2. The third kappa shape index (κ3) is 1.76. The highest BCUT2D eigenvalue weighted by molar-refractivity contribution is 5.59. The summed E-state index contributed by atoms with van der Waals surface area (Å²) in [5.41, 5.74) is 0.765. The Morgan fingerprint density at radius 2 is 2.00 bits per heavy atom. The highest BCUT2D eigenvalue weighted by Crippen LogP contribution is 2.31. The van der Waals surface area contributed by atoms with Crippen molar-refractivity contribution in [2.75, 3.05) is 14.2 Å². The maximum Gasteiger partial charge on any atom is 0.258 e. The summed E-state index contributed by atoms with van der Waals surface area (Å²) in [7, 11) is 3.15. The van der Waals surface area contributed by atoms with Crippen molar-refractivity contribution in [3.8, 4) is 23.0 Å². The lowest BCUT2D eigenvalue weighted by Gasteiger charge is -2.07. The second kappa shape index (κ2) is 4.00. The van der Waals surface area contributed by atoms with Crippen molar-refractivity contribution >= 4 is 0 Å². The molecule has 1 heterocycles. The molecule has 0 saturated heterocycles. The predicted octanol–water partition coefficient (Wildman–Crippen LogP) is 1.55. The molecule has 0 aliphatic carbocycles. The fourth-order valence-corrected chi connectivity index (χ4v) is 1.24. The van der Waals surface area contributed by atoms with Gasteiger partial charge in [-0.05, 0) is 18.2 Å². The molecular formula is C10H9N2O3. The summed E-state index contributed by atoms with van der Waals surface area (Å²) in [5, 5.41) is 3.41. The number of hydrogen-bond acceptors (Lipinski definition) is 5. The van der Waals surface area contributed by atoms with Crippen molar-refractivity contribution in [3.05, 3.63) is 24.5 Å². The summed E-state index contributed by atoms with van der Waals surface area (Å²) in [5.74, 6) is 1.67. The Morgan fingerprint density at radius 3 is 2.60 bits per heavy atom. The molecule has 0 N–H and O–H groups in total. The Labute approximate surface area is 86.6 Å². The third-order valence-corrected chi connectivity index (χ3v) is 1.95. The number of hydrogen-bond donors (Lipinski definition) is 0. The first-order valence-electron chi connectivity index (χ1n) is 4.27. The molecule has 1 aromatic carbocycles. The number of benzene rings is 1. The molecule has 0 spiro atoms. The van der Waals surface area contributed by atoms with Gasteiger partial charge in [-0.15, -0.1) is 0 Å². The van der Waals surface area contributed by atoms with Crippen LogP contribution in [0.1, 0.15) is 0 Å². The van der Waals surface area contributed by atoms with Crippen LogP contribution in [0.5, 0.6) is 11.5 Å². The second-order valence-corrected chi connectivity index (χ2v) is 2.77. The Morgan fingerprint density at radius 1 is 1.20 bits per heavy atom. The average Bonchev–Trinajstić information content (AvgIpc) is 2.81. The van der Waals surface area contributed by atoms with Crippen molar-refractivity contribution in [3.63, 3.8) is 0 Å². The van der Waals surface area contributed by atoms with Crippen LogP contribution in [0.15, 0.2) is 22.7 Å². The highest BCUT2D eigenvalue weighted by Gasteiger charge is 2.09. The Hall–Kier alpha value is -2.04. The van der Waals surface area contributed by atoms with E-state index in [1.54, 1.807) is 26.4 Å². The largest absolute Gasteiger partial charge is 0.493 e.